The zero-order chi connectivity index (χ0) is 13.8. The van der Waals surface area contributed by atoms with Crippen LogP contribution in [0.15, 0.2) is 24.5 Å². The highest BCUT2D eigenvalue weighted by atomic mass is 35.5. The number of aryl methyl sites for hydroxylation is 2. The van der Waals surface area contributed by atoms with Crippen molar-refractivity contribution in [2.75, 3.05) is 0 Å². The highest BCUT2D eigenvalue weighted by molar-refractivity contribution is 6.31. The largest absolute Gasteiger partial charge is 0.271 e. The Kier molecular flexibility index (Phi) is 4.52. The van der Waals surface area contributed by atoms with Crippen LogP contribution in [0, 0.1) is 0 Å². The van der Waals surface area contributed by atoms with Crippen LogP contribution < -0.4 is 11.3 Å². The quantitative estimate of drug-likeness (QED) is 0.647. The third-order valence-electron chi connectivity index (χ3n) is 3.19. The van der Waals surface area contributed by atoms with Gasteiger partial charge in [0.05, 0.1) is 22.5 Å². The van der Waals surface area contributed by atoms with Gasteiger partial charge in [-0.15, -0.1) is 0 Å². The monoisotopic (exact) mass is 279 g/mol. The molecule has 0 amide bonds. The number of aromatic nitrogens is 3. The molecule has 2 rings (SSSR count). The summed E-state index contributed by atoms with van der Waals surface area (Å²) in [5.74, 6) is 5.64. The Morgan fingerprint density at radius 1 is 1.53 bits per heavy atom. The molecule has 19 heavy (non-hydrogen) atoms. The Morgan fingerprint density at radius 3 is 2.84 bits per heavy atom. The van der Waals surface area contributed by atoms with Crippen molar-refractivity contribution >= 4 is 11.6 Å². The van der Waals surface area contributed by atoms with Crippen molar-refractivity contribution in [1.29, 1.82) is 0 Å². The van der Waals surface area contributed by atoms with E-state index >= 15 is 0 Å². The van der Waals surface area contributed by atoms with E-state index in [0.717, 1.165) is 28.4 Å². The van der Waals surface area contributed by atoms with E-state index in [4.69, 9.17) is 17.4 Å². The van der Waals surface area contributed by atoms with Gasteiger partial charge in [-0.25, -0.2) is 0 Å². The van der Waals surface area contributed by atoms with Crippen LogP contribution in [0.25, 0.3) is 0 Å². The molecule has 0 aliphatic heterocycles. The number of hydrogen-bond acceptors (Lipinski definition) is 4. The van der Waals surface area contributed by atoms with Crippen LogP contribution in [0.4, 0.5) is 0 Å². The van der Waals surface area contributed by atoms with Gasteiger partial charge in [0, 0.05) is 25.9 Å². The maximum Gasteiger partial charge on any atom is 0.0850 e. The third-order valence-corrected chi connectivity index (χ3v) is 3.62. The first-order valence-corrected chi connectivity index (χ1v) is 6.61. The molecule has 1 unspecified atom stereocenters. The van der Waals surface area contributed by atoms with Crippen molar-refractivity contribution in [3.8, 4) is 0 Å². The highest BCUT2D eigenvalue weighted by Crippen LogP contribution is 2.25. The molecule has 0 radical (unpaired) electrons. The average molecular weight is 280 g/mol. The van der Waals surface area contributed by atoms with Gasteiger partial charge in [0.1, 0.15) is 0 Å². The number of nitrogens with one attached hydrogen (secondary N) is 1. The van der Waals surface area contributed by atoms with Crippen LogP contribution in [0.3, 0.4) is 0 Å². The lowest BCUT2D eigenvalue weighted by Crippen LogP contribution is -2.30. The van der Waals surface area contributed by atoms with E-state index in [1.165, 1.54) is 0 Å². The van der Waals surface area contributed by atoms with Crippen molar-refractivity contribution < 1.29 is 0 Å². The molecular formula is C13H18ClN5. The van der Waals surface area contributed by atoms with E-state index in [-0.39, 0.29) is 6.04 Å². The summed E-state index contributed by atoms with van der Waals surface area (Å²) in [6.45, 7) is 2.04. The molecule has 2 heterocycles. The number of hydrazine groups is 1. The van der Waals surface area contributed by atoms with E-state index < -0.39 is 0 Å². The zero-order valence-electron chi connectivity index (χ0n) is 11.1. The molecule has 0 spiro atoms. The van der Waals surface area contributed by atoms with Gasteiger partial charge in [-0.1, -0.05) is 24.6 Å². The fraction of sp³-hybridized carbons (Fsp3) is 0.385. The normalized spacial score (nSPS) is 12.6. The molecule has 0 saturated heterocycles. The molecule has 2 aromatic heterocycles. The molecule has 0 aromatic carbocycles. The first kappa shape index (κ1) is 14.0. The summed E-state index contributed by atoms with van der Waals surface area (Å²) in [7, 11) is 1.90. The molecule has 5 nitrogen and oxygen atoms in total. The molecule has 0 saturated carbocycles. The van der Waals surface area contributed by atoms with Crippen LogP contribution >= 0.6 is 11.6 Å². The van der Waals surface area contributed by atoms with Gasteiger partial charge in [-0.3, -0.25) is 20.9 Å². The third kappa shape index (κ3) is 2.94. The minimum Gasteiger partial charge on any atom is -0.271 e. The molecule has 6 heteroatoms. The Balaban J connectivity index is 2.26. The summed E-state index contributed by atoms with van der Waals surface area (Å²) < 4.78 is 1.82. The minimum absolute atomic E-state index is 0.0358. The fourth-order valence-corrected chi connectivity index (χ4v) is 2.46. The molecule has 1 atom stereocenters. The summed E-state index contributed by atoms with van der Waals surface area (Å²) in [4.78, 5) is 4.11. The zero-order valence-corrected chi connectivity index (χ0v) is 11.9. The Bertz CT molecular complexity index is 537. The van der Waals surface area contributed by atoms with Gasteiger partial charge >= 0.3 is 0 Å². The van der Waals surface area contributed by atoms with Crippen molar-refractivity contribution in [2.24, 2.45) is 12.9 Å². The first-order valence-electron chi connectivity index (χ1n) is 6.23. The number of hydrogen-bond donors (Lipinski definition) is 2. The predicted molar refractivity (Wildman–Crippen MR) is 75.6 cm³/mol. The topological polar surface area (TPSA) is 68.8 Å². The van der Waals surface area contributed by atoms with Gasteiger partial charge in [0.25, 0.3) is 0 Å². The second kappa shape index (κ2) is 6.14. The second-order valence-corrected chi connectivity index (χ2v) is 4.77. The second-order valence-electron chi connectivity index (χ2n) is 4.39. The Labute approximate surface area is 117 Å². The van der Waals surface area contributed by atoms with E-state index in [1.54, 1.807) is 12.4 Å². The molecule has 3 N–H and O–H groups in total. The van der Waals surface area contributed by atoms with Gasteiger partial charge in [-0.2, -0.15) is 5.10 Å². The number of pyridine rings is 1. The van der Waals surface area contributed by atoms with E-state index in [2.05, 4.69) is 15.5 Å². The number of nitrogens with two attached hydrogens (primary N) is 1. The minimum atomic E-state index is -0.0358. The SMILES string of the molecule is CCc1nn(C)c(CC(NN)c2cccnc2)c1Cl. The lowest BCUT2D eigenvalue weighted by molar-refractivity contribution is 0.528. The van der Waals surface area contributed by atoms with Gasteiger partial charge in [0.15, 0.2) is 0 Å². The summed E-state index contributed by atoms with van der Waals surface area (Å²) in [6, 6.07) is 3.84. The van der Waals surface area contributed by atoms with Crippen LogP contribution in [0.5, 0.6) is 0 Å². The van der Waals surface area contributed by atoms with Crippen molar-refractivity contribution in [3.05, 3.63) is 46.5 Å². The maximum absolute atomic E-state index is 6.35. The Morgan fingerprint density at radius 2 is 2.32 bits per heavy atom. The maximum atomic E-state index is 6.35. The van der Waals surface area contributed by atoms with E-state index in [9.17, 15) is 0 Å². The lowest BCUT2D eigenvalue weighted by atomic mass is 10.0. The van der Waals surface area contributed by atoms with Crippen LogP contribution in [-0.2, 0) is 19.9 Å². The summed E-state index contributed by atoms with van der Waals surface area (Å²) in [5, 5.41) is 5.14. The van der Waals surface area contributed by atoms with E-state index in [1.807, 2.05) is 30.8 Å². The van der Waals surface area contributed by atoms with Crippen molar-refractivity contribution in [3.63, 3.8) is 0 Å². The molecule has 102 valence electrons. The highest BCUT2D eigenvalue weighted by Gasteiger charge is 2.18. The molecule has 0 aliphatic rings. The Hall–Kier alpha value is -1.43. The van der Waals surface area contributed by atoms with Gasteiger partial charge in [-0.05, 0) is 18.1 Å². The molecule has 0 aliphatic carbocycles. The summed E-state index contributed by atoms with van der Waals surface area (Å²) in [6.07, 6.45) is 5.03. The van der Waals surface area contributed by atoms with Crippen LogP contribution in [0.2, 0.25) is 5.02 Å². The van der Waals surface area contributed by atoms with Crippen molar-refractivity contribution in [1.82, 2.24) is 20.2 Å². The number of rotatable bonds is 5. The predicted octanol–water partition coefficient (Wildman–Crippen LogP) is 1.78. The number of nitrogens with zero attached hydrogens (tertiary/aromatic N) is 3. The standard InChI is InChI=1S/C13H18ClN5/c1-3-10-13(14)12(19(2)18-10)7-11(17-15)9-5-4-6-16-8-9/h4-6,8,11,17H,3,7,15H2,1-2H3. The molecule has 0 bridgehead atoms. The average Bonchev–Trinajstić information content (AvgIpc) is 2.72. The summed E-state index contributed by atoms with van der Waals surface area (Å²) in [5.41, 5.74) is 5.73. The smallest absolute Gasteiger partial charge is 0.0850 e. The van der Waals surface area contributed by atoms with Crippen LogP contribution in [-0.4, -0.2) is 14.8 Å². The van der Waals surface area contributed by atoms with Crippen molar-refractivity contribution in [2.45, 2.75) is 25.8 Å². The van der Waals surface area contributed by atoms with Gasteiger partial charge < -0.3 is 0 Å². The van der Waals surface area contributed by atoms with Crippen LogP contribution in [0.1, 0.15) is 29.9 Å². The molecular weight excluding hydrogens is 262 g/mol. The molecule has 2 aromatic rings. The lowest BCUT2D eigenvalue weighted by Gasteiger charge is -2.16. The van der Waals surface area contributed by atoms with E-state index in [0.29, 0.717) is 6.42 Å². The number of halogens is 1. The molecule has 0 fully saturated rings. The first-order chi connectivity index (χ1) is 9.17. The van der Waals surface area contributed by atoms with Gasteiger partial charge in [0.2, 0.25) is 0 Å². The fourth-order valence-electron chi connectivity index (χ4n) is 2.09. The summed E-state index contributed by atoms with van der Waals surface area (Å²) >= 11 is 6.35.